The molecule has 0 aromatic heterocycles. The van der Waals surface area contributed by atoms with E-state index in [0.29, 0.717) is 6.54 Å². The van der Waals surface area contributed by atoms with Gasteiger partial charge in [0.2, 0.25) is 0 Å². The van der Waals surface area contributed by atoms with Gasteiger partial charge in [-0.15, -0.1) is 0 Å². The summed E-state index contributed by atoms with van der Waals surface area (Å²) < 4.78 is 0.997. The minimum atomic E-state index is 0.664. The molecule has 94 valence electrons. The van der Waals surface area contributed by atoms with Crippen LogP contribution in [0.15, 0.2) is 40.9 Å². The van der Waals surface area contributed by atoms with Gasteiger partial charge in [-0.25, -0.2) is 0 Å². The van der Waals surface area contributed by atoms with E-state index in [1.807, 2.05) is 43.3 Å². The second-order valence-corrected chi connectivity index (χ2v) is 5.69. The van der Waals surface area contributed by atoms with Crippen LogP contribution in [0.5, 0.6) is 0 Å². The highest BCUT2D eigenvalue weighted by Crippen LogP contribution is 2.29. The van der Waals surface area contributed by atoms with Gasteiger partial charge >= 0.3 is 0 Å². The predicted molar refractivity (Wildman–Crippen MR) is 82.7 cm³/mol. The highest BCUT2D eigenvalue weighted by molar-refractivity contribution is 9.10. The number of nitrogens with one attached hydrogen (secondary N) is 1. The summed E-state index contributed by atoms with van der Waals surface area (Å²) in [7, 11) is 0. The summed E-state index contributed by atoms with van der Waals surface area (Å²) in [6, 6.07) is 11.7. The zero-order valence-electron chi connectivity index (χ0n) is 9.81. The van der Waals surface area contributed by atoms with Crippen LogP contribution in [-0.4, -0.2) is 0 Å². The molecule has 2 rings (SSSR count). The number of hydrogen-bond acceptors (Lipinski definition) is 1. The molecule has 0 bridgehead atoms. The topological polar surface area (TPSA) is 12.0 Å². The molecule has 4 heteroatoms. The molecule has 2 aromatic rings. The summed E-state index contributed by atoms with van der Waals surface area (Å²) in [6.07, 6.45) is 0. The third kappa shape index (κ3) is 3.19. The van der Waals surface area contributed by atoms with E-state index >= 15 is 0 Å². The minimum absolute atomic E-state index is 0.664. The van der Waals surface area contributed by atoms with E-state index in [-0.39, 0.29) is 0 Å². The van der Waals surface area contributed by atoms with Gasteiger partial charge < -0.3 is 5.32 Å². The maximum atomic E-state index is 6.11. The molecule has 0 spiro atoms. The summed E-state index contributed by atoms with van der Waals surface area (Å²) in [5, 5.41) is 4.84. The standard InChI is InChI=1S/C14H12BrCl2N/c1-9-6-11(15)14(7-13(9)17)18-8-10-4-2-3-5-12(10)16/h2-7,18H,8H2,1H3. The molecule has 0 radical (unpaired) electrons. The first-order valence-electron chi connectivity index (χ1n) is 5.51. The Kier molecular flexibility index (Phi) is 4.55. The average molecular weight is 345 g/mol. The van der Waals surface area contributed by atoms with Crippen LogP contribution < -0.4 is 5.32 Å². The molecule has 2 aromatic carbocycles. The Morgan fingerprint density at radius 1 is 1.11 bits per heavy atom. The summed E-state index contributed by atoms with van der Waals surface area (Å²) in [4.78, 5) is 0. The lowest BCUT2D eigenvalue weighted by Gasteiger charge is -2.11. The van der Waals surface area contributed by atoms with Crippen molar-refractivity contribution in [1.82, 2.24) is 0 Å². The highest BCUT2D eigenvalue weighted by Gasteiger charge is 2.05. The van der Waals surface area contributed by atoms with Crippen molar-refractivity contribution in [3.05, 3.63) is 62.0 Å². The van der Waals surface area contributed by atoms with Crippen molar-refractivity contribution in [1.29, 1.82) is 0 Å². The molecule has 1 nitrogen and oxygen atoms in total. The van der Waals surface area contributed by atoms with E-state index in [4.69, 9.17) is 23.2 Å². The Morgan fingerprint density at radius 3 is 2.56 bits per heavy atom. The molecule has 0 aliphatic carbocycles. The van der Waals surface area contributed by atoms with Gasteiger partial charge in [-0.3, -0.25) is 0 Å². The maximum absolute atomic E-state index is 6.11. The SMILES string of the molecule is Cc1cc(Br)c(NCc2ccccc2Cl)cc1Cl. The third-order valence-electron chi connectivity index (χ3n) is 2.68. The monoisotopic (exact) mass is 343 g/mol. The van der Waals surface area contributed by atoms with E-state index in [1.54, 1.807) is 0 Å². The second kappa shape index (κ2) is 5.96. The van der Waals surface area contributed by atoms with Crippen LogP contribution in [-0.2, 0) is 6.54 Å². The molecule has 18 heavy (non-hydrogen) atoms. The summed E-state index contributed by atoms with van der Waals surface area (Å²) in [6.45, 7) is 2.64. The smallest absolute Gasteiger partial charge is 0.0502 e. The lowest BCUT2D eigenvalue weighted by atomic mass is 10.2. The largest absolute Gasteiger partial charge is 0.380 e. The first kappa shape index (κ1) is 13.7. The first-order valence-corrected chi connectivity index (χ1v) is 7.06. The van der Waals surface area contributed by atoms with Crippen molar-refractivity contribution in [2.75, 3.05) is 5.32 Å². The van der Waals surface area contributed by atoms with Crippen LogP contribution in [0.3, 0.4) is 0 Å². The van der Waals surface area contributed by atoms with Gasteiger partial charge in [-0.2, -0.15) is 0 Å². The summed E-state index contributed by atoms with van der Waals surface area (Å²) in [5.74, 6) is 0. The van der Waals surface area contributed by atoms with E-state index in [1.165, 1.54) is 0 Å². The molecule has 1 N–H and O–H groups in total. The fourth-order valence-corrected chi connectivity index (χ4v) is 2.58. The Bertz CT molecular complexity index is 570. The molecule has 0 unspecified atom stereocenters. The van der Waals surface area contributed by atoms with Gasteiger partial charge in [-0.05, 0) is 52.2 Å². The zero-order chi connectivity index (χ0) is 13.1. The van der Waals surface area contributed by atoms with Gasteiger partial charge in [0.1, 0.15) is 0 Å². The molecule has 0 aliphatic heterocycles. The lowest BCUT2D eigenvalue weighted by molar-refractivity contribution is 1.14. The van der Waals surface area contributed by atoms with Crippen LogP contribution in [0.1, 0.15) is 11.1 Å². The van der Waals surface area contributed by atoms with Crippen LogP contribution in [0.2, 0.25) is 10.0 Å². The summed E-state index contributed by atoms with van der Waals surface area (Å²) in [5.41, 5.74) is 3.07. The van der Waals surface area contributed by atoms with Crippen molar-refractivity contribution in [3.8, 4) is 0 Å². The van der Waals surface area contributed by atoms with Gasteiger partial charge in [0, 0.05) is 21.1 Å². The van der Waals surface area contributed by atoms with Crippen molar-refractivity contribution in [3.63, 3.8) is 0 Å². The number of rotatable bonds is 3. The molecule has 0 amide bonds. The van der Waals surface area contributed by atoms with Crippen molar-refractivity contribution < 1.29 is 0 Å². The van der Waals surface area contributed by atoms with Gasteiger partial charge in [0.05, 0.1) is 5.69 Å². The van der Waals surface area contributed by atoms with Gasteiger partial charge in [0.15, 0.2) is 0 Å². The second-order valence-electron chi connectivity index (χ2n) is 4.03. The van der Waals surface area contributed by atoms with Crippen LogP contribution in [0.4, 0.5) is 5.69 Å². The van der Waals surface area contributed by atoms with Crippen LogP contribution in [0, 0.1) is 6.92 Å². The quantitative estimate of drug-likeness (QED) is 0.755. The minimum Gasteiger partial charge on any atom is -0.380 e. The molecule has 0 saturated heterocycles. The van der Waals surface area contributed by atoms with Crippen LogP contribution >= 0.6 is 39.1 Å². The Morgan fingerprint density at radius 2 is 1.83 bits per heavy atom. The number of benzene rings is 2. The van der Waals surface area contributed by atoms with Gasteiger partial charge in [-0.1, -0.05) is 41.4 Å². The number of anilines is 1. The highest BCUT2D eigenvalue weighted by atomic mass is 79.9. The Balaban J connectivity index is 2.16. The van der Waals surface area contributed by atoms with E-state index in [0.717, 1.165) is 31.3 Å². The zero-order valence-corrected chi connectivity index (χ0v) is 12.9. The third-order valence-corrected chi connectivity index (χ3v) is 4.11. The van der Waals surface area contributed by atoms with E-state index in [9.17, 15) is 0 Å². The molecule has 0 fully saturated rings. The molecule has 0 saturated carbocycles. The van der Waals surface area contributed by atoms with Crippen molar-refractivity contribution in [2.45, 2.75) is 13.5 Å². The number of halogens is 3. The molecule has 0 atom stereocenters. The van der Waals surface area contributed by atoms with E-state index in [2.05, 4.69) is 21.2 Å². The number of hydrogen-bond donors (Lipinski definition) is 1. The first-order chi connectivity index (χ1) is 8.58. The van der Waals surface area contributed by atoms with Crippen LogP contribution in [0.25, 0.3) is 0 Å². The van der Waals surface area contributed by atoms with Gasteiger partial charge in [0.25, 0.3) is 0 Å². The maximum Gasteiger partial charge on any atom is 0.0502 e. The van der Waals surface area contributed by atoms with E-state index < -0.39 is 0 Å². The molecular weight excluding hydrogens is 333 g/mol. The Hall–Kier alpha value is -0.700. The lowest BCUT2D eigenvalue weighted by Crippen LogP contribution is -2.01. The Labute approximate surface area is 125 Å². The molecule has 0 heterocycles. The summed E-state index contributed by atoms with van der Waals surface area (Å²) >= 11 is 15.7. The molecular formula is C14H12BrCl2N. The fraction of sp³-hybridized carbons (Fsp3) is 0.143. The predicted octanol–water partition coefficient (Wildman–Crippen LogP) is 5.68. The fourth-order valence-electron chi connectivity index (χ4n) is 1.61. The normalized spacial score (nSPS) is 10.4. The molecule has 0 aliphatic rings. The van der Waals surface area contributed by atoms with Crippen molar-refractivity contribution in [2.24, 2.45) is 0 Å². The average Bonchev–Trinajstić information content (AvgIpc) is 2.34. The number of aryl methyl sites for hydroxylation is 1. The van der Waals surface area contributed by atoms with Crippen molar-refractivity contribution >= 4 is 44.8 Å².